The van der Waals surface area contributed by atoms with E-state index in [1.165, 1.54) is 17.3 Å². The highest BCUT2D eigenvalue weighted by Gasteiger charge is 2.22. The standard InChI is InChI=1S/C24H23N5OS/c1-3-18-9-11-20(12-10-18)26-23(30)17(2)31-24-28-27-22(19-13-15-25-16-14-19)29(24)21-7-5-4-6-8-21/h4-17H,3H2,1-2H3,(H,26,30). The normalized spacial score (nSPS) is 11.8. The third-order valence-electron chi connectivity index (χ3n) is 4.87. The largest absolute Gasteiger partial charge is 0.325 e. The lowest BCUT2D eigenvalue weighted by Crippen LogP contribution is -2.22. The Balaban J connectivity index is 1.59. The Hall–Kier alpha value is -3.45. The second kappa shape index (κ2) is 9.57. The zero-order valence-electron chi connectivity index (χ0n) is 17.4. The molecule has 0 saturated carbocycles. The Labute approximate surface area is 185 Å². The summed E-state index contributed by atoms with van der Waals surface area (Å²) >= 11 is 1.38. The topological polar surface area (TPSA) is 72.7 Å². The summed E-state index contributed by atoms with van der Waals surface area (Å²) in [5.74, 6) is 0.626. The maximum absolute atomic E-state index is 12.8. The quantitative estimate of drug-likeness (QED) is 0.418. The van der Waals surface area contributed by atoms with E-state index < -0.39 is 0 Å². The van der Waals surface area contributed by atoms with Crippen LogP contribution in [0.3, 0.4) is 0 Å². The van der Waals surface area contributed by atoms with Crippen molar-refractivity contribution in [2.24, 2.45) is 0 Å². The Morgan fingerprint density at radius 1 is 1.00 bits per heavy atom. The van der Waals surface area contributed by atoms with E-state index in [1.807, 2.05) is 78.2 Å². The SMILES string of the molecule is CCc1ccc(NC(=O)C(C)Sc2nnc(-c3ccncc3)n2-c2ccccc2)cc1. The van der Waals surface area contributed by atoms with Crippen molar-refractivity contribution in [1.29, 1.82) is 0 Å². The van der Waals surface area contributed by atoms with E-state index in [0.717, 1.165) is 23.4 Å². The number of nitrogens with zero attached hydrogens (tertiary/aromatic N) is 4. The molecule has 0 aliphatic rings. The van der Waals surface area contributed by atoms with Gasteiger partial charge in [0.25, 0.3) is 0 Å². The number of carbonyl (C=O) groups excluding carboxylic acids is 1. The molecule has 0 fully saturated rings. The highest BCUT2D eigenvalue weighted by molar-refractivity contribution is 8.00. The number of hydrogen-bond acceptors (Lipinski definition) is 5. The number of aryl methyl sites for hydroxylation is 1. The first-order valence-electron chi connectivity index (χ1n) is 10.1. The fraction of sp³-hybridized carbons (Fsp3) is 0.167. The molecule has 2 heterocycles. The van der Waals surface area contributed by atoms with Gasteiger partial charge in [0.1, 0.15) is 0 Å². The smallest absolute Gasteiger partial charge is 0.237 e. The Kier molecular flexibility index (Phi) is 6.43. The molecule has 0 bridgehead atoms. The summed E-state index contributed by atoms with van der Waals surface area (Å²) in [5.41, 5.74) is 3.87. The summed E-state index contributed by atoms with van der Waals surface area (Å²) in [4.78, 5) is 16.9. The molecule has 2 aromatic carbocycles. The summed E-state index contributed by atoms with van der Waals surface area (Å²) < 4.78 is 1.97. The molecule has 4 aromatic rings. The number of nitrogens with one attached hydrogen (secondary N) is 1. The maximum atomic E-state index is 12.8. The number of hydrogen-bond donors (Lipinski definition) is 1. The van der Waals surface area contributed by atoms with E-state index in [9.17, 15) is 4.79 Å². The molecule has 0 spiro atoms. The van der Waals surface area contributed by atoms with Crippen LogP contribution in [-0.2, 0) is 11.2 Å². The van der Waals surface area contributed by atoms with Crippen LogP contribution in [0.25, 0.3) is 17.1 Å². The van der Waals surface area contributed by atoms with Crippen LogP contribution in [0.5, 0.6) is 0 Å². The number of anilines is 1. The molecular formula is C24H23N5OS. The zero-order valence-corrected chi connectivity index (χ0v) is 18.2. The molecule has 31 heavy (non-hydrogen) atoms. The zero-order chi connectivity index (χ0) is 21.6. The third-order valence-corrected chi connectivity index (χ3v) is 5.91. The van der Waals surface area contributed by atoms with Crippen molar-refractivity contribution in [3.63, 3.8) is 0 Å². The highest BCUT2D eigenvalue weighted by Crippen LogP contribution is 2.30. The van der Waals surface area contributed by atoms with Crippen molar-refractivity contribution in [1.82, 2.24) is 19.7 Å². The number of rotatable bonds is 7. The van der Waals surface area contributed by atoms with Crippen LogP contribution in [0.2, 0.25) is 0 Å². The van der Waals surface area contributed by atoms with Gasteiger partial charge in [-0.1, -0.05) is 49.0 Å². The van der Waals surface area contributed by atoms with E-state index in [0.29, 0.717) is 11.0 Å². The summed E-state index contributed by atoms with van der Waals surface area (Å²) in [5, 5.41) is 12.1. The van der Waals surface area contributed by atoms with Crippen LogP contribution in [0.1, 0.15) is 19.4 Å². The Bertz CT molecular complexity index is 1140. The van der Waals surface area contributed by atoms with Crippen LogP contribution in [0, 0.1) is 0 Å². The molecule has 1 N–H and O–H groups in total. The van der Waals surface area contributed by atoms with E-state index in [2.05, 4.69) is 27.4 Å². The van der Waals surface area contributed by atoms with Crippen molar-refractivity contribution in [2.75, 3.05) is 5.32 Å². The molecule has 7 heteroatoms. The molecule has 0 aliphatic carbocycles. The fourth-order valence-corrected chi connectivity index (χ4v) is 3.99. The number of pyridine rings is 1. The molecule has 4 rings (SSSR count). The Morgan fingerprint density at radius 2 is 1.71 bits per heavy atom. The van der Waals surface area contributed by atoms with Crippen LogP contribution >= 0.6 is 11.8 Å². The lowest BCUT2D eigenvalue weighted by molar-refractivity contribution is -0.115. The van der Waals surface area contributed by atoms with Gasteiger partial charge in [0, 0.05) is 29.3 Å². The minimum Gasteiger partial charge on any atom is -0.325 e. The number of thioether (sulfide) groups is 1. The average Bonchev–Trinajstić information content (AvgIpc) is 3.24. The summed E-state index contributed by atoms with van der Waals surface area (Å²) in [6, 6.07) is 21.6. The van der Waals surface area contributed by atoms with E-state index in [-0.39, 0.29) is 11.2 Å². The number of aromatic nitrogens is 4. The molecule has 1 atom stereocenters. The molecule has 156 valence electrons. The van der Waals surface area contributed by atoms with Gasteiger partial charge in [-0.2, -0.15) is 0 Å². The molecule has 0 saturated heterocycles. The second-order valence-corrected chi connectivity index (χ2v) is 8.32. The van der Waals surface area contributed by atoms with Crippen molar-refractivity contribution in [3.8, 4) is 17.1 Å². The van der Waals surface area contributed by atoms with Crippen LogP contribution in [-0.4, -0.2) is 30.9 Å². The van der Waals surface area contributed by atoms with Gasteiger partial charge in [-0.15, -0.1) is 10.2 Å². The van der Waals surface area contributed by atoms with Crippen molar-refractivity contribution in [2.45, 2.75) is 30.7 Å². The van der Waals surface area contributed by atoms with E-state index in [1.54, 1.807) is 12.4 Å². The highest BCUT2D eigenvalue weighted by atomic mass is 32.2. The molecule has 6 nitrogen and oxygen atoms in total. The van der Waals surface area contributed by atoms with Gasteiger partial charge in [0.05, 0.1) is 5.25 Å². The van der Waals surface area contributed by atoms with E-state index in [4.69, 9.17) is 0 Å². The van der Waals surface area contributed by atoms with E-state index >= 15 is 0 Å². The molecule has 0 aliphatic heterocycles. The third kappa shape index (κ3) is 4.83. The van der Waals surface area contributed by atoms with Gasteiger partial charge >= 0.3 is 0 Å². The molecular weight excluding hydrogens is 406 g/mol. The van der Waals surface area contributed by atoms with Crippen molar-refractivity contribution in [3.05, 3.63) is 84.7 Å². The minimum absolute atomic E-state index is 0.0812. The monoisotopic (exact) mass is 429 g/mol. The molecule has 2 aromatic heterocycles. The molecule has 1 unspecified atom stereocenters. The van der Waals surface area contributed by atoms with Gasteiger partial charge in [-0.05, 0) is 55.3 Å². The number of para-hydroxylation sites is 1. The first kappa shape index (κ1) is 20.8. The Morgan fingerprint density at radius 3 is 2.39 bits per heavy atom. The van der Waals surface area contributed by atoms with Gasteiger partial charge in [0.15, 0.2) is 11.0 Å². The number of carbonyl (C=O) groups is 1. The van der Waals surface area contributed by atoms with Crippen molar-refractivity contribution >= 4 is 23.4 Å². The van der Waals surface area contributed by atoms with Crippen LogP contribution < -0.4 is 5.32 Å². The average molecular weight is 430 g/mol. The van der Waals surface area contributed by atoms with Gasteiger partial charge in [-0.25, -0.2) is 0 Å². The predicted molar refractivity (Wildman–Crippen MR) is 124 cm³/mol. The first-order valence-corrected chi connectivity index (χ1v) is 11.0. The molecule has 1 amide bonds. The van der Waals surface area contributed by atoms with Gasteiger partial charge < -0.3 is 5.32 Å². The van der Waals surface area contributed by atoms with Crippen LogP contribution in [0.15, 0.2) is 84.3 Å². The lowest BCUT2D eigenvalue weighted by atomic mass is 10.1. The number of amides is 1. The van der Waals surface area contributed by atoms with Gasteiger partial charge in [0.2, 0.25) is 5.91 Å². The van der Waals surface area contributed by atoms with Gasteiger partial charge in [-0.3, -0.25) is 14.3 Å². The lowest BCUT2D eigenvalue weighted by Gasteiger charge is -2.14. The first-order chi connectivity index (χ1) is 15.2. The fourth-order valence-electron chi connectivity index (χ4n) is 3.12. The number of benzene rings is 2. The van der Waals surface area contributed by atoms with Crippen molar-refractivity contribution < 1.29 is 4.79 Å². The second-order valence-electron chi connectivity index (χ2n) is 7.01. The summed E-state index contributed by atoms with van der Waals surface area (Å²) in [6.45, 7) is 3.98. The maximum Gasteiger partial charge on any atom is 0.237 e. The minimum atomic E-state index is -0.359. The predicted octanol–water partition coefficient (Wildman–Crippen LogP) is 5.01. The van der Waals surface area contributed by atoms with Crippen LogP contribution in [0.4, 0.5) is 5.69 Å². The summed E-state index contributed by atoms with van der Waals surface area (Å²) in [6.07, 6.45) is 4.42. The molecule has 0 radical (unpaired) electrons. The summed E-state index contributed by atoms with van der Waals surface area (Å²) in [7, 11) is 0.